The van der Waals surface area contributed by atoms with Gasteiger partial charge in [-0.05, 0) is 50.1 Å². The third-order valence-electron chi connectivity index (χ3n) is 7.00. The number of hydrogen-bond acceptors (Lipinski definition) is 5. The Bertz CT molecular complexity index is 1190. The molecular weight excluding hydrogens is 491 g/mol. The fraction of sp³-hybridized carbons (Fsp3) is 0.464. The minimum atomic E-state index is -0.571. The molecule has 0 spiro atoms. The van der Waals surface area contributed by atoms with Crippen LogP contribution >= 0.6 is 0 Å². The van der Waals surface area contributed by atoms with Crippen LogP contribution in [0.4, 0.5) is 20.6 Å². The molecule has 1 fully saturated rings. The summed E-state index contributed by atoms with van der Waals surface area (Å²) in [6, 6.07) is 9.53. The van der Waals surface area contributed by atoms with Gasteiger partial charge < -0.3 is 29.9 Å². The molecule has 38 heavy (non-hydrogen) atoms. The Kier molecular flexibility index (Phi) is 8.51. The van der Waals surface area contributed by atoms with E-state index in [0.29, 0.717) is 35.8 Å². The Morgan fingerprint density at radius 1 is 1.05 bits per heavy atom. The van der Waals surface area contributed by atoms with Crippen molar-refractivity contribution in [1.82, 2.24) is 9.80 Å². The normalized spacial score (nSPS) is 22.4. The van der Waals surface area contributed by atoms with E-state index in [4.69, 9.17) is 9.47 Å². The quantitative estimate of drug-likeness (QED) is 0.622. The lowest BCUT2D eigenvalue weighted by molar-refractivity contribution is -0.136. The minimum Gasteiger partial charge on any atom is -0.491 e. The van der Waals surface area contributed by atoms with E-state index >= 15 is 0 Å². The number of ether oxygens (including phenoxy) is 2. The van der Waals surface area contributed by atoms with Crippen LogP contribution in [0.3, 0.4) is 0 Å². The standard InChI is InChI=1S/C28H35FN4O5/c1-17-14-33(26(34)19-8-9-19)18(2)16-38-24-13-22(31-28(36)30-21-7-5-6-20(29)12-21)10-11-23(24)27(35)32(3)15-25(17)37-4/h5-7,10-13,17-19,25H,8-9,14-16H2,1-4H3,(H2,30,31,36)/t17-,18-,25-/m0/s1. The van der Waals surface area contributed by atoms with Crippen LogP contribution in [0.15, 0.2) is 42.5 Å². The SMILES string of the molecule is CO[C@H]1CN(C)C(=O)c2ccc(NC(=O)Nc3cccc(F)c3)cc2OC[C@H](C)N(C(=O)C2CC2)C[C@@H]1C. The van der Waals surface area contributed by atoms with E-state index in [-0.39, 0.29) is 42.4 Å². The first-order valence-corrected chi connectivity index (χ1v) is 12.9. The van der Waals surface area contributed by atoms with Gasteiger partial charge in [0.15, 0.2) is 0 Å². The van der Waals surface area contributed by atoms with Crippen LogP contribution in [-0.2, 0) is 9.53 Å². The zero-order valence-electron chi connectivity index (χ0n) is 22.2. The average molecular weight is 527 g/mol. The fourth-order valence-electron chi connectivity index (χ4n) is 4.58. The second kappa shape index (κ2) is 11.8. The van der Waals surface area contributed by atoms with Gasteiger partial charge in [0.1, 0.15) is 18.2 Å². The van der Waals surface area contributed by atoms with Gasteiger partial charge in [-0.25, -0.2) is 9.18 Å². The van der Waals surface area contributed by atoms with Crippen molar-refractivity contribution in [2.75, 3.05) is 44.5 Å². The number of nitrogens with zero attached hydrogens (tertiary/aromatic N) is 2. The molecule has 1 heterocycles. The molecule has 2 N–H and O–H groups in total. The number of methoxy groups -OCH3 is 1. The molecule has 0 aromatic heterocycles. The zero-order valence-corrected chi connectivity index (χ0v) is 22.2. The summed E-state index contributed by atoms with van der Waals surface area (Å²) in [7, 11) is 3.32. The van der Waals surface area contributed by atoms with Crippen LogP contribution in [0.1, 0.15) is 37.0 Å². The van der Waals surface area contributed by atoms with Crippen molar-refractivity contribution in [2.24, 2.45) is 11.8 Å². The predicted octanol–water partition coefficient (Wildman–Crippen LogP) is 4.21. The maximum atomic E-state index is 13.5. The summed E-state index contributed by atoms with van der Waals surface area (Å²) in [5, 5.41) is 5.27. The molecule has 3 atom stereocenters. The van der Waals surface area contributed by atoms with Crippen molar-refractivity contribution in [2.45, 2.75) is 38.8 Å². The molecule has 2 aromatic rings. The van der Waals surface area contributed by atoms with Crippen molar-refractivity contribution in [3.63, 3.8) is 0 Å². The van der Waals surface area contributed by atoms with E-state index in [1.807, 2.05) is 18.7 Å². The molecular formula is C28H35FN4O5. The Morgan fingerprint density at radius 2 is 1.76 bits per heavy atom. The number of hydrogen-bond donors (Lipinski definition) is 2. The molecule has 10 heteroatoms. The third kappa shape index (κ3) is 6.61. The second-order valence-corrected chi connectivity index (χ2v) is 10.2. The molecule has 2 aliphatic rings. The molecule has 1 aliphatic heterocycles. The highest BCUT2D eigenvalue weighted by Crippen LogP contribution is 2.33. The van der Waals surface area contributed by atoms with Crippen LogP contribution in [0.25, 0.3) is 0 Å². The number of urea groups is 1. The van der Waals surface area contributed by atoms with Crippen LogP contribution < -0.4 is 15.4 Å². The number of carbonyl (C=O) groups excluding carboxylic acids is 3. The summed E-state index contributed by atoms with van der Waals surface area (Å²) in [5.74, 6) is -0.242. The number of halogens is 1. The highest BCUT2D eigenvalue weighted by Gasteiger charge is 2.37. The number of likely N-dealkylation sites (N-methyl/N-ethyl adjacent to an activating group) is 1. The summed E-state index contributed by atoms with van der Waals surface area (Å²) in [5.41, 5.74) is 1.03. The Hall–Kier alpha value is -3.66. The summed E-state index contributed by atoms with van der Waals surface area (Å²) in [4.78, 5) is 42.4. The lowest BCUT2D eigenvalue weighted by Crippen LogP contribution is -2.49. The smallest absolute Gasteiger partial charge is 0.323 e. The molecule has 0 unspecified atom stereocenters. The van der Waals surface area contributed by atoms with Gasteiger partial charge in [0, 0.05) is 56.5 Å². The lowest BCUT2D eigenvalue weighted by Gasteiger charge is -2.36. The second-order valence-electron chi connectivity index (χ2n) is 10.2. The van der Waals surface area contributed by atoms with Crippen LogP contribution in [-0.4, -0.2) is 73.6 Å². The Labute approximate surface area is 222 Å². The number of nitrogens with one attached hydrogen (secondary N) is 2. The van der Waals surface area contributed by atoms with Gasteiger partial charge in [-0.15, -0.1) is 0 Å². The van der Waals surface area contributed by atoms with Crippen molar-refractivity contribution in [3.05, 3.63) is 53.8 Å². The first kappa shape index (κ1) is 27.4. The third-order valence-corrected chi connectivity index (χ3v) is 7.00. The van der Waals surface area contributed by atoms with Crippen molar-refractivity contribution in [1.29, 1.82) is 0 Å². The molecule has 4 rings (SSSR count). The van der Waals surface area contributed by atoms with Crippen molar-refractivity contribution < 1.29 is 28.2 Å². The summed E-state index contributed by atoms with van der Waals surface area (Å²) in [6.45, 7) is 4.97. The first-order chi connectivity index (χ1) is 18.2. The number of rotatable bonds is 4. The first-order valence-electron chi connectivity index (χ1n) is 12.9. The van der Waals surface area contributed by atoms with E-state index in [1.165, 1.54) is 18.2 Å². The van der Waals surface area contributed by atoms with Gasteiger partial charge in [-0.1, -0.05) is 13.0 Å². The molecule has 2 aromatic carbocycles. The number of amides is 4. The van der Waals surface area contributed by atoms with Crippen LogP contribution in [0.2, 0.25) is 0 Å². The topological polar surface area (TPSA) is 100 Å². The molecule has 9 nitrogen and oxygen atoms in total. The van der Waals surface area contributed by atoms with Gasteiger partial charge in [0.2, 0.25) is 5.91 Å². The Morgan fingerprint density at radius 3 is 2.42 bits per heavy atom. The van der Waals surface area contributed by atoms with Gasteiger partial charge in [0.25, 0.3) is 5.91 Å². The van der Waals surface area contributed by atoms with E-state index in [1.54, 1.807) is 43.3 Å². The highest BCUT2D eigenvalue weighted by molar-refractivity contribution is 6.01. The van der Waals surface area contributed by atoms with Gasteiger partial charge in [-0.2, -0.15) is 0 Å². The van der Waals surface area contributed by atoms with E-state index in [0.717, 1.165) is 12.8 Å². The summed E-state index contributed by atoms with van der Waals surface area (Å²) < 4.78 is 25.3. The molecule has 0 saturated heterocycles. The lowest BCUT2D eigenvalue weighted by atomic mass is 10.0. The number of carbonyl (C=O) groups is 3. The van der Waals surface area contributed by atoms with Gasteiger partial charge in [-0.3, -0.25) is 9.59 Å². The monoisotopic (exact) mass is 526 g/mol. The maximum absolute atomic E-state index is 13.5. The summed E-state index contributed by atoms with van der Waals surface area (Å²) in [6.07, 6.45) is 1.54. The molecule has 1 saturated carbocycles. The maximum Gasteiger partial charge on any atom is 0.323 e. The van der Waals surface area contributed by atoms with Gasteiger partial charge >= 0.3 is 6.03 Å². The molecule has 204 valence electrons. The average Bonchev–Trinajstić information content (AvgIpc) is 3.73. The number of fused-ring (bicyclic) bond motifs is 1. The predicted molar refractivity (Wildman–Crippen MR) is 142 cm³/mol. The Balaban J connectivity index is 1.58. The van der Waals surface area contributed by atoms with Crippen LogP contribution in [0, 0.1) is 17.7 Å². The fourth-order valence-corrected chi connectivity index (χ4v) is 4.58. The van der Waals surface area contributed by atoms with Crippen molar-refractivity contribution >= 4 is 29.2 Å². The number of anilines is 2. The van der Waals surface area contributed by atoms with Crippen LogP contribution in [0.5, 0.6) is 5.75 Å². The highest BCUT2D eigenvalue weighted by atomic mass is 19.1. The minimum absolute atomic E-state index is 0.00229. The molecule has 0 radical (unpaired) electrons. The molecule has 1 aliphatic carbocycles. The van der Waals surface area contributed by atoms with E-state index in [9.17, 15) is 18.8 Å². The molecule has 4 amide bonds. The zero-order chi connectivity index (χ0) is 27.4. The van der Waals surface area contributed by atoms with E-state index in [2.05, 4.69) is 10.6 Å². The van der Waals surface area contributed by atoms with E-state index < -0.39 is 11.8 Å². The van der Waals surface area contributed by atoms with Crippen molar-refractivity contribution in [3.8, 4) is 5.75 Å². The molecule has 0 bridgehead atoms. The summed E-state index contributed by atoms with van der Waals surface area (Å²) >= 11 is 0. The number of benzene rings is 2. The largest absolute Gasteiger partial charge is 0.491 e. The van der Waals surface area contributed by atoms with Gasteiger partial charge in [0.05, 0.1) is 17.7 Å².